The first kappa shape index (κ1) is 24.0. The van der Waals surface area contributed by atoms with Gasteiger partial charge in [0.25, 0.3) is 5.56 Å². The number of piperidine rings is 1. The van der Waals surface area contributed by atoms with Gasteiger partial charge in [0.2, 0.25) is 5.91 Å². The van der Waals surface area contributed by atoms with Crippen molar-refractivity contribution in [2.45, 2.75) is 64.0 Å². The number of methoxy groups -OCH3 is 1. The normalized spacial score (nSPS) is 17.2. The van der Waals surface area contributed by atoms with Gasteiger partial charge in [-0.15, -0.1) is 11.3 Å². The number of ether oxygens (including phenoxy) is 1. The van der Waals surface area contributed by atoms with Gasteiger partial charge in [-0.05, 0) is 63.2 Å². The van der Waals surface area contributed by atoms with Crippen LogP contribution in [0.1, 0.15) is 60.6 Å². The second-order valence-corrected chi connectivity index (χ2v) is 10.6. The molecule has 1 N–H and O–H groups in total. The molecule has 2 aliphatic rings. The average Bonchev–Trinajstić information content (AvgIpc) is 3.29. The maximum atomic E-state index is 13.2. The standard InChI is InChI=1S/C27H34N4O3S/c1-34-22-11-5-3-9-19(22)21(30-14-7-2-8-15-30)17-28-24(32)13-16-31-18-29-26-25(27(31)33)20-10-4-6-12-23(20)35-26/h3,5,9,11,18,21H,2,4,6-8,10,12-17H2,1H3,(H,28,32). The molecular weight excluding hydrogens is 460 g/mol. The number of nitrogens with one attached hydrogen (secondary N) is 1. The Morgan fingerprint density at radius 2 is 1.94 bits per heavy atom. The van der Waals surface area contributed by atoms with E-state index in [0.29, 0.717) is 13.1 Å². The van der Waals surface area contributed by atoms with E-state index >= 15 is 0 Å². The first-order valence-corrected chi connectivity index (χ1v) is 13.6. The number of aromatic nitrogens is 2. The molecule has 186 valence electrons. The predicted molar refractivity (Wildman–Crippen MR) is 139 cm³/mol. The Labute approximate surface area is 210 Å². The molecule has 0 spiro atoms. The zero-order valence-electron chi connectivity index (χ0n) is 20.4. The summed E-state index contributed by atoms with van der Waals surface area (Å²) in [6, 6.07) is 8.13. The highest BCUT2D eigenvalue weighted by molar-refractivity contribution is 7.18. The molecule has 2 aromatic heterocycles. The minimum absolute atomic E-state index is 0.0117. The van der Waals surface area contributed by atoms with E-state index in [1.807, 2.05) is 18.2 Å². The van der Waals surface area contributed by atoms with E-state index in [-0.39, 0.29) is 23.9 Å². The number of hydrogen-bond donors (Lipinski definition) is 1. The van der Waals surface area contributed by atoms with Crippen molar-refractivity contribution in [3.05, 3.63) is 57.0 Å². The Morgan fingerprint density at radius 1 is 1.14 bits per heavy atom. The summed E-state index contributed by atoms with van der Waals surface area (Å²) in [5.41, 5.74) is 2.28. The van der Waals surface area contributed by atoms with Gasteiger partial charge >= 0.3 is 0 Å². The van der Waals surface area contributed by atoms with Gasteiger partial charge in [0.1, 0.15) is 10.6 Å². The lowest BCUT2D eigenvalue weighted by Crippen LogP contribution is -2.41. The van der Waals surface area contributed by atoms with Crippen LogP contribution >= 0.6 is 11.3 Å². The monoisotopic (exact) mass is 494 g/mol. The molecule has 3 heterocycles. The SMILES string of the molecule is COc1ccccc1C(CNC(=O)CCn1cnc2sc3c(c2c1=O)CCCC3)N1CCCCC1. The van der Waals surface area contributed by atoms with Crippen molar-refractivity contribution in [3.63, 3.8) is 0 Å². The molecule has 5 rings (SSSR count). The lowest BCUT2D eigenvalue weighted by atomic mass is 9.97. The summed E-state index contributed by atoms with van der Waals surface area (Å²) in [5.74, 6) is 0.795. The van der Waals surface area contributed by atoms with E-state index in [1.54, 1.807) is 29.3 Å². The van der Waals surface area contributed by atoms with Crippen molar-refractivity contribution < 1.29 is 9.53 Å². The van der Waals surface area contributed by atoms with Gasteiger partial charge in [0.05, 0.1) is 24.9 Å². The number of para-hydroxylation sites is 1. The fourth-order valence-corrected chi connectivity index (χ4v) is 6.69. The topological polar surface area (TPSA) is 76.5 Å². The molecule has 1 amide bonds. The van der Waals surface area contributed by atoms with Gasteiger partial charge in [-0.2, -0.15) is 0 Å². The highest BCUT2D eigenvalue weighted by Crippen LogP contribution is 2.33. The van der Waals surface area contributed by atoms with Crippen molar-refractivity contribution >= 4 is 27.5 Å². The van der Waals surface area contributed by atoms with Crippen LogP contribution in [-0.2, 0) is 24.2 Å². The Morgan fingerprint density at radius 3 is 2.77 bits per heavy atom. The number of carbonyl (C=O) groups excluding carboxylic acids is 1. The van der Waals surface area contributed by atoms with Gasteiger partial charge < -0.3 is 10.1 Å². The van der Waals surface area contributed by atoms with Crippen LogP contribution in [0.25, 0.3) is 10.2 Å². The number of benzene rings is 1. The molecule has 35 heavy (non-hydrogen) atoms. The van der Waals surface area contributed by atoms with Crippen molar-refractivity contribution in [1.82, 2.24) is 19.8 Å². The van der Waals surface area contributed by atoms with Gasteiger partial charge in [0.15, 0.2) is 0 Å². The number of fused-ring (bicyclic) bond motifs is 3. The largest absolute Gasteiger partial charge is 0.496 e. The summed E-state index contributed by atoms with van der Waals surface area (Å²) in [5, 5.41) is 3.90. The summed E-state index contributed by atoms with van der Waals surface area (Å²) in [4.78, 5) is 35.2. The number of nitrogens with zero attached hydrogens (tertiary/aromatic N) is 3. The fraction of sp³-hybridized carbons (Fsp3) is 0.519. The quantitative estimate of drug-likeness (QED) is 0.511. The van der Waals surface area contributed by atoms with Gasteiger partial charge in [-0.25, -0.2) is 4.98 Å². The molecule has 0 radical (unpaired) electrons. The van der Waals surface area contributed by atoms with Gasteiger partial charge in [0, 0.05) is 30.0 Å². The number of hydrogen-bond acceptors (Lipinski definition) is 6. The molecule has 0 bridgehead atoms. The lowest BCUT2D eigenvalue weighted by molar-refractivity contribution is -0.121. The number of rotatable bonds is 8. The Kier molecular flexibility index (Phi) is 7.48. The summed E-state index contributed by atoms with van der Waals surface area (Å²) in [6.07, 6.45) is 9.75. The lowest BCUT2D eigenvalue weighted by Gasteiger charge is -2.35. The molecule has 1 fully saturated rings. The van der Waals surface area contributed by atoms with E-state index in [9.17, 15) is 9.59 Å². The molecule has 1 saturated heterocycles. The molecule has 1 aliphatic carbocycles. The Hall–Kier alpha value is -2.71. The van der Waals surface area contributed by atoms with Crippen molar-refractivity contribution in [2.75, 3.05) is 26.7 Å². The average molecular weight is 495 g/mol. The summed E-state index contributed by atoms with van der Waals surface area (Å²) in [7, 11) is 1.69. The zero-order chi connectivity index (χ0) is 24.2. The molecule has 1 atom stereocenters. The molecule has 3 aromatic rings. The molecule has 7 nitrogen and oxygen atoms in total. The fourth-order valence-electron chi connectivity index (χ4n) is 5.47. The Bertz CT molecular complexity index is 1240. The van der Waals surface area contributed by atoms with Crippen LogP contribution in [0.2, 0.25) is 0 Å². The summed E-state index contributed by atoms with van der Waals surface area (Å²) >= 11 is 1.65. The number of amides is 1. The molecule has 0 saturated carbocycles. The number of aryl methyl sites for hydroxylation is 3. The Balaban J connectivity index is 1.26. The van der Waals surface area contributed by atoms with Crippen molar-refractivity contribution in [1.29, 1.82) is 0 Å². The van der Waals surface area contributed by atoms with Crippen LogP contribution in [0.5, 0.6) is 5.75 Å². The van der Waals surface area contributed by atoms with Crippen LogP contribution < -0.4 is 15.6 Å². The van der Waals surface area contributed by atoms with Crippen LogP contribution in [-0.4, -0.2) is 47.1 Å². The first-order chi connectivity index (χ1) is 17.2. The molecule has 1 aromatic carbocycles. The second-order valence-electron chi connectivity index (χ2n) is 9.54. The number of thiophene rings is 1. The maximum absolute atomic E-state index is 13.2. The third-order valence-corrected chi connectivity index (χ3v) is 8.54. The molecule has 8 heteroatoms. The van der Waals surface area contributed by atoms with Crippen LogP contribution in [0.4, 0.5) is 0 Å². The molecule has 1 aliphatic heterocycles. The van der Waals surface area contributed by atoms with Gasteiger partial charge in [-0.3, -0.25) is 19.1 Å². The first-order valence-electron chi connectivity index (χ1n) is 12.8. The van der Waals surface area contributed by atoms with E-state index in [1.165, 1.54) is 36.1 Å². The predicted octanol–water partition coefficient (Wildman–Crippen LogP) is 4.08. The second kappa shape index (κ2) is 10.9. The molecule has 1 unspecified atom stereocenters. The van der Waals surface area contributed by atoms with E-state index in [4.69, 9.17) is 4.74 Å². The third kappa shape index (κ3) is 5.14. The summed E-state index contributed by atoms with van der Waals surface area (Å²) in [6.45, 7) is 2.89. The van der Waals surface area contributed by atoms with Crippen LogP contribution in [0.15, 0.2) is 35.4 Å². The minimum atomic E-state index is -0.0544. The van der Waals surface area contributed by atoms with Crippen molar-refractivity contribution in [3.8, 4) is 5.75 Å². The maximum Gasteiger partial charge on any atom is 0.262 e. The smallest absolute Gasteiger partial charge is 0.262 e. The van der Waals surface area contributed by atoms with Crippen LogP contribution in [0, 0.1) is 0 Å². The highest BCUT2D eigenvalue weighted by atomic mass is 32.1. The van der Waals surface area contributed by atoms with Crippen LogP contribution in [0.3, 0.4) is 0 Å². The van der Waals surface area contributed by atoms with E-state index in [0.717, 1.165) is 53.9 Å². The number of likely N-dealkylation sites (tertiary alicyclic amines) is 1. The minimum Gasteiger partial charge on any atom is -0.496 e. The zero-order valence-corrected chi connectivity index (χ0v) is 21.2. The molecular formula is C27H34N4O3S. The summed E-state index contributed by atoms with van der Waals surface area (Å²) < 4.78 is 7.23. The number of carbonyl (C=O) groups is 1. The third-order valence-electron chi connectivity index (χ3n) is 7.34. The van der Waals surface area contributed by atoms with E-state index in [2.05, 4.69) is 21.3 Å². The van der Waals surface area contributed by atoms with E-state index < -0.39 is 0 Å². The van der Waals surface area contributed by atoms with Crippen molar-refractivity contribution in [2.24, 2.45) is 0 Å². The highest BCUT2D eigenvalue weighted by Gasteiger charge is 2.25. The van der Waals surface area contributed by atoms with Gasteiger partial charge in [-0.1, -0.05) is 24.6 Å².